The minimum Gasteiger partial charge on any atom is -0.377 e. The summed E-state index contributed by atoms with van der Waals surface area (Å²) in [5.74, 6) is 1.72. The number of nitrogens with zero attached hydrogens (tertiary/aromatic N) is 2. The summed E-state index contributed by atoms with van der Waals surface area (Å²) in [7, 11) is 0. The maximum atomic E-state index is 11.9. The Bertz CT molecular complexity index is 782. The van der Waals surface area contributed by atoms with Gasteiger partial charge in [-0.15, -0.1) is 24.0 Å². The van der Waals surface area contributed by atoms with Gasteiger partial charge in [-0.05, 0) is 30.9 Å². The lowest BCUT2D eigenvalue weighted by molar-refractivity contribution is -0.128. The summed E-state index contributed by atoms with van der Waals surface area (Å²) in [6, 6.07) is 8.83. The normalized spacial score (nSPS) is 27.3. The molecule has 0 bridgehead atoms. The molecule has 30 heavy (non-hydrogen) atoms. The molecule has 3 aliphatic rings. The standard InChI is InChI=1S/C23H34N4O2.HI/c1-4-24-22(26-20-18-10-12-29-21(18)23(20,2)3)25-14-16-7-5-8-17(13-16)15-27-11-6-9-19(27)28;/h5,7-8,13,18,20-21H,4,6,9-12,14-15H2,1-3H3,(H2,24,25,26);1H. The van der Waals surface area contributed by atoms with Crippen LogP contribution >= 0.6 is 24.0 Å². The predicted molar refractivity (Wildman–Crippen MR) is 130 cm³/mol. The van der Waals surface area contributed by atoms with Gasteiger partial charge in [0.15, 0.2) is 5.96 Å². The van der Waals surface area contributed by atoms with E-state index in [1.54, 1.807) is 0 Å². The van der Waals surface area contributed by atoms with E-state index < -0.39 is 0 Å². The number of carbonyl (C=O) groups excluding carboxylic acids is 1. The van der Waals surface area contributed by atoms with Crippen molar-refractivity contribution in [1.29, 1.82) is 0 Å². The Kier molecular flexibility index (Phi) is 7.66. The van der Waals surface area contributed by atoms with Gasteiger partial charge >= 0.3 is 0 Å². The van der Waals surface area contributed by atoms with Gasteiger partial charge < -0.3 is 20.3 Å². The maximum Gasteiger partial charge on any atom is 0.222 e. The zero-order valence-corrected chi connectivity index (χ0v) is 20.6. The van der Waals surface area contributed by atoms with Gasteiger partial charge in [0.25, 0.3) is 0 Å². The zero-order chi connectivity index (χ0) is 20.4. The average molecular weight is 526 g/mol. The van der Waals surface area contributed by atoms with E-state index in [0.29, 0.717) is 37.6 Å². The second kappa shape index (κ2) is 9.85. The molecule has 1 aliphatic carbocycles. The highest BCUT2D eigenvalue weighted by Gasteiger charge is 2.59. The number of amides is 1. The number of likely N-dealkylation sites (tertiary alicyclic amines) is 1. The quantitative estimate of drug-likeness (QED) is 0.339. The molecular weight excluding hydrogens is 491 g/mol. The van der Waals surface area contributed by atoms with Crippen LogP contribution in [0.4, 0.5) is 0 Å². The van der Waals surface area contributed by atoms with Crippen LogP contribution in [0.3, 0.4) is 0 Å². The smallest absolute Gasteiger partial charge is 0.222 e. The molecule has 1 amide bonds. The van der Waals surface area contributed by atoms with Crippen molar-refractivity contribution in [2.45, 2.75) is 65.3 Å². The first kappa shape index (κ1) is 23.3. The number of aliphatic imine (C=N–C) groups is 1. The van der Waals surface area contributed by atoms with Crippen LogP contribution in [0, 0.1) is 11.3 Å². The predicted octanol–water partition coefficient (Wildman–Crippen LogP) is 3.30. The number of carbonyl (C=O) groups is 1. The third-order valence-electron chi connectivity index (χ3n) is 6.69. The SMILES string of the molecule is CCNC(=NCc1cccc(CN2CCCC2=O)c1)NC1C2CCOC2C1(C)C.I. The van der Waals surface area contributed by atoms with Crippen molar-refractivity contribution in [3.05, 3.63) is 35.4 Å². The number of ether oxygens (including phenoxy) is 1. The third-order valence-corrected chi connectivity index (χ3v) is 6.69. The summed E-state index contributed by atoms with van der Waals surface area (Å²) in [6.45, 7) is 10.6. The molecule has 1 saturated carbocycles. The Balaban J connectivity index is 0.00000256. The molecular formula is C23H35IN4O2. The number of rotatable bonds is 6. The van der Waals surface area contributed by atoms with Gasteiger partial charge in [-0.3, -0.25) is 4.79 Å². The van der Waals surface area contributed by atoms with Crippen LogP contribution in [0.15, 0.2) is 29.3 Å². The molecule has 1 aromatic carbocycles. The molecule has 2 heterocycles. The molecule has 3 unspecified atom stereocenters. The molecule has 0 spiro atoms. The van der Waals surface area contributed by atoms with Gasteiger partial charge in [-0.2, -0.15) is 0 Å². The van der Waals surface area contributed by atoms with Crippen LogP contribution in [0.1, 0.15) is 51.2 Å². The lowest BCUT2D eigenvalue weighted by atomic mass is 9.57. The number of hydrogen-bond donors (Lipinski definition) is 2. The van der Waals surface area contributed by atoms with Crippen molar-refractivity contribution in [2.75, 3.05) is 19.7 Å². The number of nitrogens with one attached hydrogen (secondary N) is 2. The van der Waals surface area contributed by atoms with E-state index in [2.05, 4.69) is 55.7 Å². The van der Waals surface area contributed by atoms with Crippen molar-refractivity contribution >= 4 is 35.8 Å². The molecule has 2 N–H and O–H groups in total. The molecule has 3 atom stereocenters. The average Bonchev–Trinajstić information content (AvgIpc) is 3.32. The number of guanidine groups is 1. The topological polar surface area (TPSA) is 66.0 Å². The maximum absolute atomic E-state index is 11.9. The Labute approximate surface area is 197 Å². The van der Waals surface area contributed by atoms with Crippen molar-refractivity contribution in [1.82, 2.24) is 15.5 Å². The lowest BCUT2D eigenvalue weighted by Crippen LogP contribution is -2.67. The van der Waals surface area contributed by atoms with Crippen LogP contribution in [-0.2, 0) is 22.6 Å². The molecule has 1 aromatic rings. The summed E-state index contributed by atoms with van der Waals surface area (Å²) in [6.07, 6.45) is 3.16. The minimum absolute atomic E-state index is 0. The molecule has 2 aliphatic heterocycles. The lowest BCUT2D eigenvalue weighted by Gasteiger charge is -2.54. The van der Waals surface area contributed by atoms with Crippen LogP contribution < -0.4 is 10.6 Å². The third kappa shape index (κ3) is 4.77. The van der Waals surface area contributed by atoms with E-state index in [1.165, 1.54) is 11.1 Å². The minimum atomic E-state index is 0. The van der Waals surface area contributed by atoms with Gasteiger partial charge in [0.05, 0.1) is 12.6 Å². The Morgan fingerprint density at radius 1 is 1.33 bits per heavy atom. The van der Waals surface area contributed by atoms with Crippen LogP contribution in [0.5, 0.6) is 0 Å². The highest BCUT2D eigenvalue weighted by Crippen LogP contribution is 2.52. The first-order valence-corrected chi connectivity index (χ1v) is 11.0. The fourth-order valence-corrected chi connectivity index (χ4v) is 5.17. The van der Waals surface area contributed by atoms with E-state index >= 15 is 0 Å². The number of halogens is 1. The van der Waals surface area contributed by atoms with Gasteiger partial charge in [0.1, 0.15) is 0 Å². The molecule has 7 heteroatoms. The number of fused-ring (bicyclic) bond motifs is 1. The Morgan fingerprint density at radius 3 is 2.87 bits per heavy atom. The highest BCUT2D eigenvalue weighted by atomic mass is 127. The van der Waals surface area contributed by atoms with E-state index in [0.717, 1.165) is 38.5 Å². The van der Waals surface area contributed by atoms with Crippen molar-refractivity contribution in [3.63, 3.8) is 0 Å². The summed E-state index contributed by atoms with van der Waals surface area (Å²) < 4.78 is 5.92. The molecule has 6 nitrogen and oxygen atoms in total. The second-order valence-electron chi connectivity index (χ2n) is 9.12. The highest BCUT2D eigenvalue weighted by molar-refractivity contribution is 14.0. The van der Waals surface area contributed by atoms with Crippen LogP contribution in [0.2, 0.25) is 0 Å². The zero-order valence-electron chi connectivity index (χ0n) is 18.3. The van der Waals surface area contributed by atoms with E-state index in [1.807, 2.05) is 4.90 Å². The summed E-state index contributed by atoms with van der Waals surface area (Å²) in [4.78, 5) is 18.7. The van der Waals surface area contributed by atoms with Gasteiger partial charge in [0.2, 0.25) is 5.91 Å². The summed E-state index contributed by atoms with van der Waals surface area (Å²) >= 11 is 0. The fourth-order valence-electron chi connectivity index (χ4n) is 5.17. The first-order valence-electron chi connectivity index (χ1n) is 11.0. The van der Waals surface area contributed by atoms with Gasteiger partial charge in [-0.1, -0.05) is 38.1 Å². The number of benzene rings is 1. The fraction of sp³-hybridized carbons (Fsp3) is 0.652. The Hall–Kier alpha value is -1.35. The Morgan fingerprint density at radius 2 is 2.13 bits per heavy atom. The monoisotopic (exact) mass is 526 g/mol. The van der Waals surface area contributed by atoms with E-state index in [-0.39, 0.29) is 35.3 Å². The number of hydrogen-bond acceptors (Lipinski definition) is 3. The van der Waals surface area contributed by atoms with E-state index in [4.69, 9.17) is 9.73 Å². The van der Waals surface area contributed by atoms with Crippen molar-refractivity contribution < 1.29 is 9.53 Å². The molecule has 0 radical (unpaired) electrons. The second-order valence-corrected chi connectivity index (χ2v) is 9.12. The molecule has 3 fully saturated rings. The largest absolute Gasteiger partial charge is 0.377 e. The summed E-state index contributed by atoms with van der Waals surface area (Å²) in [5, 5.41) is 7.07. The molecule has 4 rings (SSSR count). The molecule has 2 saturated heterocycles. The van der Waals surface area contributed by atoms with E-state index in [9.17, 15) is 4.79 Å². The van der Waals surface area contributed by atoms with Gasteiger partial charge in [0, 0.05) is 50.0 Å². The molecule has 0 aromatic heterocycles. The van der Waals surface area contributed by atoms with Gasteiger partial charge in [-0.25, -0.2) is 4.99 Å². The van der Waals surface area contributed by atoms with Crippen LogP contribution in [0.25, 0.3) is 0 Å². The van der Waals surface area contributed by atoms with Crippen molar-refractivity contribution in [2.24, 2.45) is 16.3 Å². The first-order chi connectivity index (χ1) is 14.0. The van der Waals surface area contributed by atoms with Crippen molar-refractivity contribution in [3.8, 4) is 0 Å². The molecule has 166 valence electrons. The van der Waals surface area contributed by atoms with Crippen LogP contribution in [-0.4, -0.2) is 48.6 Å². The summed E-state index contributed by atoms with van der Waals surface area (Å²) in [5.41, 5.74) is 2.47.